The number of hydrogen-bond donors (Lipinski definition) is 0. The Morgan fingerprint density at radius 1 is 1.65 bits per heavy atom. The first kappa shape index (κ1) is 14.1. The van der Waals surface area contributed by atoms with E-state index in [1.807, 2.05) is 6.07 Å². The molecule has 6 heteroatoms. The van der Waals surface area contributed by atoms with Crippen LogP contribution in [-0.2, 0) is 4.74 Å². The highest BCUT2D eigenvalue weighted by atomic mass is 79.9. The Balaban J connectivity index is 1.91. The van der Waals surface area contributed by atoms with Gasteiger partial charge in [-0.3, -0.25) is 4.79 Å². The first-order valence-corrected chi connectivity index (χ1v) is 8.74. The molecule has 1 aromatic heterocycles. The van der Waals surface area contributed by atoms with Crippen molar-refractivity contribution < 1.29 is 9.53 Å². The van der Waals surface area contributed by atoms with Crippen molar-refractivity contribution in [2.75, 3.05) is 12.4 Å². The van der Waals surface area contributed by atoms with Gasteiger partial charge in [0.05, 0.1) is 19.4 Å². The van der Waals surface area contributed by atoms with Gasteiger partial charge in [-0.15, -0.1) is 23.1 Å². The molecule has 0 N–H and O–H groups in total. The van der Waals surface area contributed by atoms with Gasteiger partial charge in [0.25, 0.3) is 0 Å². The molecule has 0 bridgehead atoms. The van der Waals surface area contributed by atoms with Crippen LogP contribution in [0.15, 0.2) is 13.6 Å². The maximum Gasteiger partial charge on any atom is 0.174 e. The van der Waals surface area contributed by atoms with Crippen molar-refractivity contribution in [3.63, 3.8) is 0 Å². The number of carbonyl (C=O) groups excluding carboxylic acids is 1. The predicted molar refractivity (Wildman–Crippen MR) is 80.3 cm³/mol. The van der Waals surface area contributed by atoms with Gasteiger partial charge in [0.15, 0.2) is 5.78 Å². The van der Waals surface area contributed by atoms with E-state index in [0.717, 1.165) is 26.2 Å². The van der Waals surface area contributed by atoms with E-state index in [9.17, 15) is 4.79 Å². The van der Waals surface area contributed by atoms with E-state index in [0.29, 0.717) is 11.0 Å². The Labute approximate surface area is 126 Å². The second kappa shape index (κ2) is 6.19. The number of Topliss-reactive ketones (excluding diaryl/α,β-unsaturated/α-hetero) is 1. The maximum atomic E-state index is 12.0. The second-order valence-electron chi connectivity index (χ2n) is 3.88. The zero-order chi connectivity index (χ0) is 12.4. The number of ketones is 1. The smallest absolute Gasteiger partial charge is 0.174 e. The lowest BCUT2D eigenvalue weighted by Crippen LogP contribution is -2.16. The highest BCUT2D eigenvalue weighted by molar-refractivity contribution is 9.12. The van der Waals surface area contributed by atoms with Crippen molar-refractivity contribution in [2.45, 2.75) is 24.7 Å². The second-order valence-corrected chi connectivity index (χ2v) is 8.85. The first-order valence-electron chi connectivity index (χ1n) is 5.29. The molecule has 0 radical (unpaired) electrons. The van der Waals surface area contributed by atoms with Crippen LogP contribution in [0.4, 0.5) is 0 Å². The number of halogens is 2. The van der Waals surface area contributed by atoms with Crippen molar-refractivity contribution in [3.05, 3.63) is 19.2 Å². The molecule has 1 fully saturated rings. The molecule has 2 rings (SSSR count). The first-order chi connectivity index (χ1) is 8.08. The van der Waals surface area contributed by atoms with Gasteiger partial charge in [0.1, 0.15) is 0 Å². The molecule has 1 aliphatic rings. The molecule has 1 saturated heterocycles. The van der Waals surface area contributed by atoms with E-state index in [1.54, 1.807) is 11.8 Å². The number of ether oxygens (including phenoxy) is 1. The van der Waals surface area contributed by atoms with Crippen LogP contribution < -0.4 is 0 Å². The van der Waals surface area contributed by atoms with E-state index in [-0.39, 0.29) is 11.9 Å². The average molecular weight is 400 g/mol. The zero-order valence-electron chi connectivity index (χ0n) is 9.24. The third kappa shape index (κ3) is 3.56. The van der Waals surface area contributed by atoms with E-state index < -0.39 is 0 Å². The summed E-state index contributed by atoms with van der Waals surface area (Å²) in [6, 6.07) is 1.88. The van der Waals surface area contributed by atoms with Crippen molar-refractivity contribution in [3.8, 4) is 0 Å². The molecule has 1 aromatic rings. The van der Waals surface area contributed by atoms with Gasteiger partial charge in [-0.25, -0.2) is 0 Å². The number of thiophene rings is 1. The van der Waals surface area contributed by atoms with E-state index >= 15 is 0 Å². The lowest BCUT2D eigenvalue weighted by molar-refractivity contribution is 0.102. The van der Waals surface area contributed by atoms with Gasteiger partial charge in [0, 0.05) is 17.4 Å². The monoisotopic (exact) mass is 398 g/mol. The van der Waals surface area contributed by atoms with Gasteiger partial charge >= 0.3 is 0 Å². The Morgan fingerprint density at radius 2 is 2.41 bits per heavy atom. The summed E-state index contributed by atoms with van der Waals surface area (Å²) < 4.78 is 7.37. The minimum atomic E-state index is 0.183. The molecule has 2 heterocycles. The summed E-state index contributed by atoms with van der Waals surface area (Å²) in [5, 5.41) is 0.458. The Morgan fingerprint density at radius 3 is 2.94 bits per heavy atom. The summed E-state index contributed by atoms with van der Waals surface area (Å²) in [6.07, 6.45) is 1.32. The van der Waals surface area contributed by atoms with Crippen LogP contribution >= 0.6 is 55.0 Å². The fourth-order valence-corrected chi connectivity index (χ4v) is 5.71. The van der Waals surface area contributed by atoms with Crippen LogP contribution in [0.2, 0.25) is 0 Å². The van der Waals surface area contributed by atoms with Crippen molar-refractivity contribution >= 4 is 60.7 Å². The van der Waals surface area contributed by atoms with E-state index in [4.69, 9.17) is 4.74 Å². The average Bonchev–Trinajstić information content (AvgIpc) is 2.81. The van der Waals surface area contributed by atoms with Gasteiger partial charge in [-0.05, 0) is 51.3 Å². The van der Waals surface area contributed by atoms with E-state index in [2.05, 4.69) is 38.8 Å². The van der Waals surface area contributed by atoms with Gasteiger partial charge in [-0.2, -0.15) is 0 Å². The molecule has 0 saturated carbocycles. The molecule has 0 aliphatic carbocycles. The van der Waals surface area contributed by atoms with Crippen LogP contribution in [0, 0.1) is 0 Å². The minimum Gasteiger partial charge on any atom is -0.377 e. The quantitative estimate of drug-likeness (QED) is 0.703. The maximum absolute atomic E-state index is 12.0. The molecular formula is C11H12Br2O2S2. The van der Waals surface area contributed by atoms with Crippen LogP contribution in [-0.4, -0.2) is 29.5 Å². The summed E-state index contributed by atoms with van der Waals surface area (Å²) in [7, 11) is 0. The minimum absolute atomic E-state index is 0.183. The number of carbonyl (C=O) groups is 1. The van der Waals surface area contributed by atoms with Crippen LogP contribution in [0.25, 0.3) is 0 Å². The van der Waals surface area contributed by atoms with Crippen LogP contribution in [0.5, 0.6) is 0 Å². The lowest BCUT2D eigenvalue weighted by Gasteiger charge is -2.12. The zero-order valence-corrected chi connectivity index (χ0v) is 14.0. The molecule has 2 atom stereocenters. The molecule has 17 heavy (non-hydrogen) atoms. The third-order valence-electron chi connectivity index (χ3n) is 2.69. The van der Waals surface area contributed by atoms with Crippen LogP contribution in [0.3, 0.4) is 0 Å². The summed E-state index contributed by atoms with van der Waals surface area (Å²) >= 11 is 10.0. The summed E-state index contributed by atoms with van der Waals surface area (Å²) in [5.74, 6) is 0.711. The largest absolute Gasteiger partial charge is 0.377 e. The highest BCUT2D eigenvalue weighted by Gasteiger charge is 2.25. The van der Waals surface area contributed by atoms with Crippen molar-refractivity contribution in [1.82, 2.24) is 0 Å². The fraction of sp³-hybridized carbons (Fsp3) is 0.545. The van der Waals surface area contributed by atoms with Gasteiger partial charge < -0.3 is 4.74 Å². The topological polar surface area (TPSA) is 26.3 Å². The fourth-order valence-electron chi connectivity index (χ4n) is 1.72. The van der Waals surface area contributed by atoms with Crippen LogP contribution in [0.1, 0.15) is 23.7 Å². The van der Waals surface area contributed by atoms with Crippen molar-refractivity contribution in [2.24, 2.45) is 0 Å². The Kier molecular flexibility index (Phi) is 5.12. The Bertz CT molecular complexity index is 420. The molecule has 0 spiro atoms. The number of rotatable bonds is 4. The highest BCUT2D eigenvalue weighted by Crippen LogP contribution is 2.33. The Hall–Kier alpha value is 0.640. The summed E-state index contributed by atoms with van der Waals surface area (Å²) in [5.41, 5.74) is 0.779. The third-order valence-corrected chi connectivity index (χ3v) is 6.51. The predicted octanol–water partition coefficient (Wildman–Crippen LogP) is 4.37. The SMILES string of the molecule is CC1OCCC1SCC(=O)c1cc(Br)sc1Br. The standard InChI is InChI=1S/C11H12Br2O2S2/c1-6-9(2-3-15-6)16-5-8(14)7-4-10(12)17-11(7)13/h4,6,9H,2-3,5H2,1H3. The molecule has 94 valence electrons. The van der Waals surface area contributed by atoms with Gasteiger partial charge in [-0.1, -0.05) is 0 Å². The number of thioether (sulfide) groups is 1. The summed E-state index contributed by atoms with van der Waals surface area (Å²) in [4.78, 5) is 12.0. The molecule has 0 amide bonds. The molecular weight excluding hydrogens is 388 g/mol. The summed E-state index contributed by atoms with van der Waals surface area (Å²) in [6.45, 7) is 2.90. The normalized spacial score (nSPS) is 24.2. The lowest BCUT2D eigenvalue weighted by atomic mass is 10.2. The van der Waals surface area contributed by atoms with Gasteiger partial charge in [0.2, 0.25) is 0 Å². The molecule has 2 unspecified atom stereocenters. The molecule has 1 aliphatic heterocycles. The van der Waals surface area contributed by atoms with E-state index in [1.165, 1.54) is 11.3 Å². The molecule has 0 aromatic carbocycles. The molecule has 2 nitrogen and oxygen atoms in total. The number of hydrogen-bond acceptors (Lipinski definition) is 4. The van der Waals surface area contributed by atoms with Crippen molar-refractivity contribution in [1.29, 1.82) is 0 Å².